The van der Waals surface area contributed by atoms with Crippen molar-refractivity contribution in [1.29, 1.82) is 0 Å². The number of rotatable bonds is 6. The lowest BCUT2D eigenvalue weighted by atomic mass is 10.3. The van der Waals surface area contributed by atoms with Crippen molar-refractivity contribution in [2.45, 2.75) is 31.2 Å². The maximum absolute atomic E-state index is 12.8. The molecule has 0 unspecified atom stereocenters. The highest BCUT2D eigenvalue weighted by atomic mass is 32.2. The van der Waals surface area contributed by atoms with Gasteiger partial charge in [0.15, 0.2) is 0 Å². The molecule has 0 saturated carbocycles. The predicted octanol–water partition coefficient (Wildman–Crippen LogP) is 1.90. The minimum Gasteiger partial charge on any atom is -0.393 e. The summed E-state index contributed by atoms with van der Waals surface area (Å²) in [5.41, 5.74) is 5.40. The lowest BCUT2D eigenvalue weighted by molar-refractivity contribution is 0.362. The summed E-state index contributed by atoms with van der Waals surface area (Å²) in [7, 11) is -3.66. The highest BCUT2D eigenvalue weighted by Gasteiger charge is 2.26. The molecule has 0 spiro atoms. The minimum atomic E-state index is -3.66. The van der Waals surface area contributed by atoms with Crippen molar-refractivity contribution in [2.75, 3.05) is 6.54 Å². The highest BCUT2D eigenvalue weighted by Crippen LogP contribution is 2.18. The van der Waals surface area contributed by atoms with Gasteiger partial charge in [-0.1, -0.05) is 12.2 Å². The molecule has 0 amide bonds. The second kappa shape index (κ2) is 6.40. The summed E-state index contributed by atoms with van der Waals surface area (Å²) in [4.78, 5) is 0.325. The molecule has 0 aliphatic carbocycles. The predicted molar refractivity (Wildman–Crippen MR) is 76.8 cm³/mol. The van der Waals surface area contributed by atoms with Gasteiger partial charge in [-0.25, -0.2) is 12.8 Å². The van der Waals surface area contributed by atoms with Crippen LogP contribution < -0.4 is 5.73 Å². The minimum absolute atomic E-state index is 0.0607. The Bertz CT molecular complexity index is 541. The van der Waals surface area contributed by atoms with Gasteiger partial charge in [-0.3, -0.25) is 0 Å². The topological polar surface area (TPSA) is 63.4 Å². The van der Waals surface area contributed by atoms with E-state index in [1.165, 1.54) is 16.4 Å². The molecule has 2 N–H and O–H groups in total. The molecule has 0 fully saturated rings. The van der Waals surface area contributed by atoms with E-state index in [9.17, 15) is 12.8 Å². The van der Waals surface area contributed by atoms with Crippen molar-refractivity contribution in [3.05, 3.63) is 30.1 Å². The van der Waals surface area contributed by atoms with E-state index < -0.39 is 15.8 Å². The molecule has 4 nitrogen and oxygen atoms in total. The first-order chi connectivity index (χ1) is 8.75. The van der Waals surface area contributed by atoms with Gasteiger partial charge >= 0.3 is 0 Å². The van der Waals surface area contributed by atoms with Crippen LogP contribution in [0.5, 0.6) is 0 Å². The van der Waals surface area contributed by atoms with Gasteiger partial charge in [0, 0.05) is 19.0 Å². The van der Waals surface area contributed by atoms with Crippen molar-refractivity contribution < 1.29 is 12.8 Å². The van der Waals surface area contributed by atoms with Gasteiger partial charge in [-0.2, -0.15) is 4.31 Å². The fourth-order valence-corrected chi connectivity index (χ4v) is 3.35. The Morgan fingerprint density at radius 2 is 1.89 bits per heavy atom. The van der Waals surface area contributed by atoms with E-state index in [-0.39, 0.29) is 22.5 Å². The molecule has 0 aliphatic rings. The largest absolute Gasteiger partial charge is 0.393 e. The quantitative estimate of drug-likeness (QED) is 0.815. The van der Waals surface area contributed by atoms with E-state index >= 15 is 0 Å². The molecule has 106 valence electrons. The summed E-state index contributed by atoms with van der Waals surface area (Å²) in [5, 5.41) is 0. The molecule has 0 aromatic heterocycles. The average Bonchev–Trinajstić information content (AvgIpc) is 2.28. The number of hydrogen-bond acceptors (Lipinski definition) is 3. The van der Waals surface area contributed by atoms with Crippen LogP contribution in [0.15, 0.2) is 29.2 Å². The summed E-state index contributed by atoms with van der Waals surface area (Å²) >= 11 is 4.76. The summed E-state index contributed by atoms with van der Waals surface area (Å²) in [6.45, 7) is 3.74. The summed E-state index contributed by atoms with van der Waals surface area (Å²) in [6, 6.07) is 4.52. The first-order valence-electron chi connectivity index (χ1n) is 5.81. The van der Waals surface area contributed by atoms with Gasteiger partial charge in [0.2, 0.25) is 10.0 Å². The van der Waals surface area contributed by atoms with Crippen LogP contribution in [0.1, 0.15) is 20.3 Å². The van der Waals surface area contributed by atoms with E-state index in [1.807, 2.05) is 0 Å². The Morgan fingerprint density at radius 3 is 2.32 bits per heavy atom. The maximum atomic E-state index is 12.8. The third-order valence-corrected chi connectivity index (χ3v) is 4.87. The molecule has 1 rings (SSSR count). The van der Waals surface area contributed by atoms with E-state index in [0.29, 0.717) is 6.42 Å². The Kier molecular flexibility index (Phi) is 5.39. The van der Waals surface area contributed by atoms with Gasteiger partial charge in [0.1, 0.15) is 5.82 Å². The van der Waals surface area contributed by atoms with Crippen LogP contribution in [0.3, 0.4) is 0 Å². The van der Waals surface area contributed by atoms with Crippen molar-refractivity contribution in [3.63, 3.8) is 0 Å². The molecule has 19 heavy (non-hydrogen) atoms. The molecule has 0 atom stereocenters. The zero-order chi connectivity index (χ0) is 14.6. The first-order valence-corrected chi connectivity index (χ1v) is 7.65. The van der Waals surface area contributed by atoms with Crippen molar-refractivity contribution in [1.82, 2.24) is 4.31 Å². The second-order valence-electron chi connectivity index (χ2n) is 4.38. The Morgan fingerprint density at radius 1 is 1.37 bits per heavy atom. The fraction of sp³-hybridized carbons (Fsp3) is 0.417. The SMILES string of the molecule is CC(C)N(CCC(N)=S)S(=O)(=O)c1ccc(F)cc1. The second-order valence-corrected chi connectivity index (χ2v) is 6.79. The lowest BCUT2D eigenvalue weighted by Gasteiger charge is -2.25. The van der Waals surface area contributed by atoms with Gasteiger partial charge in [-0.15, -0.1) is 0 Å². The molecule has 0 radical (unpaired) electrons. The Labute approximate surface area is 118 Å². The highest BCUT2D eigenvalue weighted by molar-refractivity contribution is 7.89. The molecular weight excluding hydrogens is 287 g/mol. The summed E-state index contributed by atoms with van der Waals surface area (Å²) in [6.07, 6.45) is 0.313. The van der Waals surface area contributed by atoms with E-state index in [4.69, 9.17) is 18.0 Å². The molecule has 0 heterocycles. The van der Waals surface area contributed by atoms with Crippen LogP contribution in [0.2, 0.25) is 0 Å². The van der Waals surface area contributed by atoms with Crippen LogP contribution >= 0.6 is 12.2 Å². The summed E-state index contributed by atoms with van der Waals surface area (Å²) < 4.78 is 39.0. The van der Waals surface area contributed by atoms with E-state index in [0.717, 1.165) is 12.1 Å². The third kappa shape index (κ3) is 4.22. The van der Waals surface area contributed by atoms with Gasteiger partial charge in [-0.05, 0) is 38.1 Å². The van der Waals surface area contributed by atoms with Gasteiger partial charge in [0.05, 0.1) is 9.88 Å². The van der Waals surface area contributed by atoms with Crippen molar-refractivity contribution in [3.8, 4) is 0 Å². The van der Waals surface area contributed by atoms with Crippen LogP contribution in [0, 0.1) is 5.82 Å². The molecule has 0 bridgehead atoms. The standard InChI is InChI=1S/C12H17FN2O2S2/c1-9(2)15(8-7-12(14)18)19(16,17)11-5-3-10(13)4-6-11/h3-6,9H,7-8H2,1-2H3,(H2,14,18). The molecule has 1 aromatic carbocycles. The number of thiocarbonyl (C=S) groups is 1. The zero-order valence-corrected chi connectivity index (χ0v) is 12.5. The fourth-order valence-electron chi connectivity index (χ4n) is 1.62. The number of benzene rings is 1. The monoisotopic (exact) mass is 304 g/mol. The molecule has 0 saturated heterocycles. The van der Waals surface area contributed by atoms with Gasteiger partial charge in [0.25, 0.3) is 0 Å². The molecule has 0 aliphatic heterocycles. The van der Waals surface area contributed by atoms with Crippen LogP contribution in [0.4, 0.5) is 4.39 Å². The van der Waals surface area contributed by atoms with Gasteiger partial charge < -0.3 is 5.73 Å². The Balaban J connectivity index is 3.05. The van der Waals surface area contributed by atoms with Crippen molar-refractivity contribution >= 4 is 27.2 Å². The number of nitrogens with zero attached hydrogens (tertiary/aromatic N) is 1. The van der Waals surface area contributed by atoms with Crippen LogP contribution in [0.25, 0.3) is 0 Å². The van der Waals surface area contributed by atoms with E-state index in [2.05, 4.69) is 0 Å². The first kappa shape index (κ1) is 16.0. The zero-order valence-electron chi connectivity index (χ0n) is 10.8. The average molecular weight is 304 g/mol. The van der Waals surface area contributed by atoms with Crippen LogP contribution in [-0.2, 0) is 10.0 Å². The molecule has 1 aromatic rings. The maximum Gasteiger partial charge on any atom is 0.243 e. The summed E-state index contributed by atoms with van der Waals surface area (Å²) in [5.74, 6) is -0.474. The molecular formula is C12H17FN2O2S2. The Hall–Kier alpha value is -1.05. The number of halogens is 1. The van der Waals surface area contributed by atoms with E-state index in [1.54, 1.807) is 13.8 Å². The number of nitrogens with two attached hydrogens (primary N) is 1. The lowest BCUT2D eigenvalue weighted by Crippen LogP contribution is -2.38. The van der Waals surface area contributed by atoms with Crippen molar-refractivity contribution in [2.24, 2.45) is 5.73 Å². The smallest absolute Gasteiger partial charge is 0.243 e. The normalized spacial score (nSPS) is 12.1. The third-order valence-electron chi connectivity index (χ3n) is 2.57. The van der Waals surface area contributed by atoms with Crippen LogP contribution in [-0.4, -0.2) is 30.3 Å². The number of hydrogen-bond donors (Lipinski definition) is 1. The number of sulfonamides is 1. The molecule has 7 heteroatoms.